The Balaban J connectivity index is 2.32. The Morgan fingerprint density at radius 3 is 2.89 bits per heavy atom. The Kier molecular flexibility index (Phi) is 2.59. The predicted molar refractivity (Wildman–Crippen MR) is 69.8 cm³/mol. The molecule has 4 heteroatoms. The van der Waals surface area contributed by atoms with Gasteiger partial charge >= 0.3 is 5.63 Å². The van der Waals surface area contributed by atoms with Crippen LogP contribution in [0, 0.1) is 6.92 Å². The second-order valence-corrected chi connectivity index (χ2v) is 4.68. The number of fused-ring (bicyclic) bond motifs is 1. The van der Waals surface area contributed by atoms with Crippen LogP contribution in [-0.2, 0) is 0 Å². The minimum Gasteiger partial charge on any atom is -0.422 e. The Bertz CT molecular complexity index is 647. The van der Waals surface area contributed by atoms with E-state index in [0.29, 0.717) is 11.1 Å². The van der Waals surface area contributed by atoms with Gasteiger partial charge in [0, 0.05) is 11.9 Å². The molecule has 0 amide bonds. The minimum atomic E-state index is -0.506. The summed E-state index contributed by atoms with van der Waals surface area (Å²) in [4.78, 5) is 13.7. The molecule has 1 aliphatic rings. The van der Waals surface area contributed by atoms with Crippen molar-refractivity contribution in [3.63, 3.8) is 0 Å². The normalized spacial score (nSPS) is 19.7. The van der Waals surface area contributed by atoms with Gasteiger partial charge in [-0.05, 0) is 31.9 Å². The number of hydrogen-bond donors (Lipinski definition) is 1. The Labute approximate surface area is 104 Å². The highest BCUT2D eigenvalue weighted by Crippen LogP contribution is 2.32. The van der Waals surface area contributed by atoms with E-state index in [0.717, 1.165) is 30.5 Å². The van der Waals surface area contributed by atoms with E-state index in [9.17, 15) is 9.90 Å². The summed E-state index contributed by atoms with van der Waals surface area (Å²) in [5, 5.41) is 10.9. The average Bonchev–Trinajstić information content (AvgIpc) is 2.77. The molecule has 0 aliphatic carbocycles. The van der Waals surface area contributed by atoms with Gasteiger partial charge in [0.2, 0.25) is 0 Å². The third-order valence-corrected chi connectivity index (χ3v) is 3.51. The highest BCUT2D eigenvalue weighted by Gasteiger charge is 2.26. The molecule has 1 atom stereocenters. The fourth-order valence-corrected chi connectivity index (χ4v) is 2.61. The van der Waals surface area contributed by atoms with Gasteiger partial charge in [0.25, 0.3) is 0 Å². The summed E-state index contributed by atoms with van der Waals surface area (Å²) in [5.74, 6) is 0. The number of hydrogen-bond acceptors (Lipinski definition) is 4. The lowest BCUT2D eigenvalue weighted by Gasteiger charge is -2.25. The summed E-state index contributed by atoms with van der Waals surface area (Å²) >= 11 is 0. The van der Waals surface area contributed by atoms with Gasteiger partial charge in [-0.25, -0.2) is 4.79 Å². The van der Waals surface area contributed by atoms with E-state index < -0.39 is 6.23 Å². The molecule has 1 unspecified atom stereocenters. The first kappa shape index (κ1) is 11.3. The number of rotatable bonds is 1. The molecule has 1 aliphatic heterocycles. The van der Waals surface area contributed by atoms with Gasteiger partial charge in [0.05, 0.1) is 11.3 Å². The highest BCUT2D eigenvalue weighted by atomic mass is 16.4. The fraction of sp³-hybridized carbons (Fsp3) is 0.357. The summed E-state index contributed by atoms with van der Waals surface area (Å²) in [7, 11) is 0. The highest BCUT2D eigenvalue weighted by molar-refractivity contribution is 5.92. The van der Waals surface area contributed by atoms with Crippen LogP contribution >= 0.6 is 0 Å². The molecule has 0 radical (unpaired) electrons. The Hall–Kier alpha value is -1.81. The van der Waals surface area contributed by atoms with Crippen LogP contribution in [0.5, 0.6) is 0 Å². The van der Waals surface area contributed by atoms with Crippen LogP contribution in [0.3, 0.4) is 0 Å². The molecule has 1 N–H and O–H groups in total. The topological polar surface area (TPSA) is 53.7 Å². The van der Waals surface area contributed by atoms with Gasteiger partial charge in [0.15, 0.2) is 0 Å². The molecule has 1 aromatic carbocycles. The largest absolute Gasteiger partial charge is 0.422 e. The molecule has 1 saturated heterocycles. The number of aliphatic hydroxyl groups excluding tert-OH is 1. The fourth-order valence-electron chi connectivity index (χ4n) is 2.61. The van der Waals surface area contributed by atoms with E-state index in [2.05, 4.69) is 0 Å². The van der Waals surface area contributed by atoms with Crippen molar-refractivity contribution in [2.45, 2.75) is 26.0 Å². The number of para-hydroxylation sites is 1. The molecule has 1 aromatic heterocycles. The second-order valence-electron chi connectivity index (χ2n) is 4.68. The van der Waals surface area contributed by atoms with Crippen LogP contribution < -0.4 is 10.5 Å². The zero-order chi connectivity index (χ0) is 12.7. The first-order valence-electron chi connectivity index (χ1n) is 6.15. The summed E-state index contributed by atoms with van der Waals surface area (Å²) < 4.78 is 5.26. The van der Waals surface area contributed by atoms with Gasteiger partial charge in [-0.15, -0.1) is 0 Å². The van der Waals surface area contributed by atoms with E-state index in [4.69, 9.17) is 4.42 Å². The zero-order valence-corrected chi connectivity index (χ0v) is 10.2. The first-order chi connectivity index (χ1) is 8.68. The molecule has 0 spiro atoms. The molecular formula is C14H15NO3. The second kappa shape index (κ2) is 4.14. The van der Waals surface area contributed by atoms with Crippen molar-refractivity contribution in [3.05, 3.63) is 40.2 Å². The van der Waals surface area contributed by atoms with Crippen molar-refractivity contribution in [1.29, 1.82) is 0 Å². The van der Waals surface area contributed by atoms with Crippen LogP contribution in [-0.4, -0.2) is 17.9 Å². The number of nitrogens with zero attached hydrogens (tertiary/aromatic N) is 1. The van der Waals surface area contributed by atoms with Crippen molar-refractivity contribution in [1.82, 2.24) is 0 Å². The molecule has 0 bridgehead atoms. The Morgan fingerprint density at radius 2 is 2.17 bits per heavy atom. The third-order valence-electron chi connectivity index (χ3n) is 3.51. The first-order valence-corrected chi connectivity index (χ1v) is 6.15. The monoisotopic (exact) mass is 245 g/mol. The van der Waals surface area contributed by atoms with E-state index in [1.165, 1.54) is 0 Å². The van der Waals surface area contributed by atoms with Gasteiger partial charge < -0.3 is 14.4 Å². The number of anilines is 1. The van der Waals surface area contributed by atoms with Crippen LogP contribution in [0.4, 0.5) is 5.69 Å². The van der Waals surface area contributed by atoms with Crippen molar-refractivity contribution in [2.24, 2.45) is 0 Å². The molecule has 18 heavy (non-hydrogen) atoms. The van der Waals surface area contributed by atoms with Crippen molar-refractivity contribution in [2.75, 3.05) is 11.4 Å². The quantitative estimate of drug-likeness (QED) is 0.781. The standard InChI is InChI=1S/C14H15NO3/c1-9-13(15-8-4-7-12(15)16)10-5-2-3-6-11(10)18-14(9)17/h2-3,5-6,12,16H,4,7-8H2,1H3. The van der Waals surface area contributed by atoms with Crippen LogP contribution in [0.25, 0.3) is 11.0 Å². The van der Waals surface area contributed by atoms with Gasteiger partial charge in [0.1, 0.15) is 11.8 Å². The van der Waals surface area contributed by atoms with E-state index >= 15 is 0 Å². The maximum absolute atomic E-state index is 11.8. The van der Waals surface area contributed by atoms with Crippen molar-refractivity contribution >= 4 is 16.7 Å². The molecule has 94 valence electrons. The number of aliphatic hydroxyl groups is 1. The lowest BCUT2D eigenvalue weighted by Crippen LogP contribution is -2.30. The maximum Gasteiger partial charge on any atom is 0.341 e. The molecule has 2 aromatic rings. The van der Waals surface area contributed by atoms with Crippen LogP contribution in [0.1, 0.15) is 18.4 Å². The number of benzene rings is 1. The SMILES string of the molecule is Cc1c(N2CCCC2O)c2ccccc2oc1=O. The van der Waals surface area contributed by atoms with Crippen molar-refractivity contribution < 1.29 is 9.52 Å². The van der Waals surface area contributed by atoms with Crippen molar-refractivity contribution in [3.8, 4) is 0 Å². The molecular weight excluding hydrogens is 230 g/mol. The third kappa shape index (κ3) is 1.61. The summed E-state index contributed by atoms with van der Waals surface area (Å²) in [6.45, 7) is 2.52. The summed E-state index contributed by atoms with van der Waals surface area (Å²) in [6.07, 6.45) is 1.18. The van der Waals surface area contributed by atoms with E-state index in [1.807, 2.05) is 23.1 Å². The Morgan fingerprint density at radius 1 is 1.39 bits per heavy atom. The predicted octanol–water partition coefficient (Wildman–Crippen LogP) is 2.02. The zero-order valence-electron chi connectivity index (χ0n) is 10.2. The van der Waals surface area contributed by atoms with Gasteiger partial charge in [-0.1, -0.05) is 12.1 Å². The molecule has 0 saturated carbocycles. The summed E-state index contributed by atoms with van der Waals surface area (Å²) in [6, 6.07) is 7.45. The smallest absolute Gasteiger partial charge is 0.341 e. The molecule has 1 fully saturated rings. The molecule has 4 nitrogen and oxygen atoms in total. The van der Waals surface area contributed by atoms with Crippen LogP contribution in [0.2, 0.25) is 0 Å². The van der Waals surface area contributed by atoms with Gasteiger partial charge in [-0.2, -0.15) is 0 Å². The average molecular weight is 245 g/mol. The van der Waals surface area contributed by atoms with Gasteiger partial charge in [-0.3, -0.25) is 0 Å². The minimum absolute atomic E-state index is 0.331. The lowest BCUT2D eigenvalue weighted by atomic mass is 10.1. The van der Waals surface area contributed by atoms with Crippen LogP contribution in [0.15, 0.2) is 33.5 Å². The summed E-state index contributed by atoms with van der Waals surface area (Å²) in [5.41, 5.74) is 1.62. The lowest BCUT2D eigenvalue weighted by molar-refractivity contribution is 0.186. The molecule has 3 rings (SSSR count). The maximum atomic E-state index is 11.8. The molecule has 2 heterocycles. The van der Waals surface area contributed by atoms with E-state index in [-0.39, 0.29) is 5.63 Å². The van der Waals surface area contributed by atoms with E-state index in [1.54, 1.807) is 13.0 Å².